The number of benzene rings is 2. The van der Waals surface area contributed by atoms with Crippen molar-refractivity contribution < 1.29 is 19.5 Å². The van der Waals surface area contributed by atoms with Crippen LogP contribution in [0.15, 0.2) is 48.5 Å². The number of nitrogens with one attached hydrogen (secondary N) is 2. The molecule has 3 fully saturated rings. The van der Waals surface area contributed by atoms with E-state index in [1.54, 1.807) is 16.7 Å². The van der Waals surface area contributed by atoms with Gasteiger partial charge in [0.2, 0.25) is 17.7 Å². The van der Waals surface area contributed by atoms with Crippen LogP contribution in [0.1, 0.15) is 42.9 Å². The molecule has 7 nitrogen and oxygen atoms in total. The molecule has 0 saturated carbocycles. The van der Waals surface area contributed by atoms with Crippen LogP contribution in [-0.4, -0.2) is 56.9 Å². The second-order valence-electron chi connectivity index (χ2n) is 11.0. The number of para-hydroxylation sites is 1. The molecule has 3 heterocycles. The van der Waals surface area contributed by atoms with E-state index in [-0.39, 0.29) is 35.5 Å². The van der Waals surface area contributed by atoms with Gasteiger partial charge in [0.15, 0.2) is 0 Å². The number of hydrogen-bond acceptors (Lipinski definition) is 5. The average Bonchev–Trinajstić information content (AvgIpc) is 3.49. The maximum absolute atomic E-state index is 14.1. The molecule has 0 aromatic heterocycles. The van der Waals surface area contributed by atoms with Gasteiger partial charge in [-0.25, -0.2) is 0 Å². The number of hydrogen-bond donors (Lipinski definition) is 3. The lowest BCUT2D eigenvalue weighted by Gasteiger charge is -2.38. The van der Waals surface area contributed by atoms with Crippen molar-refractivity contribution in [2.75, 3.05) is 18.5 Å². The number of fused-ring (bicyclic) bond motifs is 1. The van der Waals surface area contributed by atoms with Crippen LogP contribution in [0.2, 0.25) is 0 Å². The lowest BCUT2D eigenvalue weighted by Crippen LogP contribution is -2.55. The Hall–Kier alpha value is -2.84. The van der Waals surface area contributed by atoms with Crippen LogP contribution in [0.25, 0.3) is 0 Å². The van der Waals surface area contributed by atoms with E-state index in [0.717, 1.165) is 28.8 Å². The lowest BCUT2D eigenvalue weighted by molar-refractivity contribution is -0.139. The number of aryl methyl sites for hydroxylation is 2. The maximum Gasteiger partial charge on any atom is 0.248 e. The summed E-state index contributed by atoms with van der Waals surface area (Å²) in [6.07, 6.45) is 1.96. The zero-order valence-electron chi connectivity index (χ0n) is 22.3. The Labute approximate surface area is 228 Å². The summed E-state index contributed by atoms with van der Waals surface area (Å²) < 4.78 is -0.656. The van der Waals surface area contributed by atoms with Gasteiger partial charge < -0.3 is 20.6 Å². The van der Waals surface area contributed by atoms with Crippen LogP contribution >= 0.6 is 11.8 Å². The van der Waals surface area contributed by atoms with E-state index in [9.17, 15) is 19.5 Å². The molecule has 2 bridgehead atoms. The third-order valence-electron chi connectivity index (χ3n) is 8.64. The Morgan fingerprint density at radius 1 is 1.05 bits per heavy atom. The first-order valence-electron chi connectivity index (χ1n) is 13.6. The fourth-order valence-corrected chi connectivity index (χ4v) is 9.28. The molecule has 3 N–H and O–H groups in total. The third kappa shape index (κ3) is 4.41. The molecule has 8 heteroatoms. The highest BCUT2D eigenvalue weighted by molar-refractivity contribution is 8.02. The predicted octanol–water partition coefficient (Wildman–Crippen LogP) is 3.67. The van der Waals surface area contributed by atoms with Crippen molar-refractivity contribution in [2.45, 2.75) is 62.6 Å². The van der Waals surface area contributed by atoms with E-state index in [0.29, 0.717) is 25.9 Å². The maximum atomic E-state index is 14.1. The molecule has 2 aromatic carbocycles. The van der Waals surface area contributed by atoms with Gasteiger partial charge in [-0.15, -0.1) is 11.8 Å². The number of carbonyl (C=O) groups is 3. The minimum atomic E-state index is -0.672. The predicted molar refractivity (Wildman–Crippen MR) is 150 cm³/mol. The van der Waals surface area contributed by atoms with E-state index in [2.05, 4.69) is 17.6 Å². The van der Waals surface area contributed by atoms with Gasteiger partial charge in [0, 0.05) is 30.6 Å². The molecule has 202 valence electrons. The minimum absolute atomic E-state index is 0.00446. The van der Waals surface area contributed by atoms with Gasteiger partial charge in [-0.3, -0.25) is 14.4 Å². The van der Waals surface area contributed by atoms with Crippen LogP contribution in [0.3, 0.4) is 0 Å². The summed E-state index contributed by atoms with van der Waals surface area (Å²) in [6.45, 7) is 6.89. The normalized spacial score (nSPS) is 29.4. The number of nitrogens with zero attached hydrogens (tertiary/aromatic N) is 1. The SMILES string of the molecule is Cc1cccc(C)c1NC(=O)C1N(CCCCO)C(=O)[C@@H]2[C@H](C(=O)NCc3ccccc3)[C@@H]3CC(C)C12S3. The monoisotopic (exact) mass is 535 g/mol. The van der Waals surface area contributed by atoms with Crippen LogP contribution in [-0.2, 0) is 20.9 Å². The largest absolute Gasteiger partial charge is 0.396 e. The lowest BCUT2D eigenvalue weighted by atomic mass is 9.66. The molecule has 3 unspecified atom stereocenters. The van der Waals surface area contributed by atoms with Gasteiger partial charge in [0.05, 0.1) is 16.6 Å². The van der Waals surface area contributed by atoms with Crippen LogP contribution in [0, 0.1) is 31.6 Å². The molecule has 3 aliphatic heterocycles. The molecular weight excluding hydrogens is 498 g/mol. The highest BCUT2D eigenvalue weighted by atomic mass is 32.2. The molecule has 2 aromatic rings. The first kappa shape index (κ1) is 26.8. The molecule has 3 saturated heterocycles. The van der Waals surface area contributed by atoms with Crippen LogP contribution < -0.4 is 10.6 Å². The van der Waals surface area contributed by atoms with E-state index in [1.165, 1.54) is 0 Å². The number of anilines is 1. The van der Waals surface area contributed by atoms with Gasteiger partial charge in [-0.1, -0.05) is 55.5 Å². The average molecular weight is 536 g/mol. The number of aliphatic hydroxyl groups excluding tert-OH is 1. The van der Waals surface area contributed by atoms with Crippen molar-refractivity contribution in [1.29, 1.82) is 0 Å². The second kappa shape index (κ2) is 10.7. The molecule has 0 radical (unpaired) electrons. The van der Waals surface area contributed by atoms with Crippen molar-refractivity contribution in [2.24, 2.45) is 17.8 Å². The van der Waals surface area contributed by atoms with E-state index < -0.39 is 22.6 Å². The minimum Gasteiger partial charge on any atom is -0.396 e. The first-order chi connectivity index (χ1) is 18.3. The van der Waals surface area contributed by atoms with Crippen molar-refractivity contribution >= 4 is 35.2 Å². The molecule has 6 atom stereocenters. The van der Waals surface area contributed by atoms with E-state index in [1.807, 2.05) is 62.4 Å². The standard InChI is InChI=1S/C30H37N3O4S/c1-18-10-9-11-19(2)25(18)32-28(36)26-30-20(3)16-22(38-30)23(24(30)29(37)33(26)14-7-8-15-34)27(35)31-17-21-12-5-4-6-13-21/h4-6,9-13,20,22-24,26,34H,7-8,14-17H2,1-3H3,(H,31,35)(H,32,36)/t20?,22-,23+,24-,26?,30?/m0/s1. The zero-order valence-corrected chi connectivity index (χ0v) is 23.1. The van der Waals surface area contributed by atoms with Crippen LogP contribution in [0.4, 0.5) is 5.69 Å². The second-order valence-corrected chi connectivity index (χ2v) is 12.5. The van der Waals surface area contributed by atoms with E-state index in [4.69, 9.17) is 0 Å². The Kier molecular flexibility index (Phi) is 7.56. The topological polar surface area (TPSA) is 98.7 Å². The molecular formula is C30H37N3O4S. The number of unbranched alkanes of at least 4 members (excludes halogenated alkanes) is 1. The molecule has 0 aliphatic carbocycles. The fraction of sp³-hybridized carbons (Fsp3) is 0.500. The van der Waals surface area contributed by atoms with Crippen molar-refractivity contribution in [3.8, 4) is 0 Å². The number of amides is 3. The summed E-state index contributed by atoms with van der Waals surface area (Å²) >= 11 is 1.68. The first-order valence-corrected chi connectivity index (χ1v) is 14.5. The molecule has 38 heavy (non-hydrogen) atoms. The molecule has 1 spiro atoms. The zero-order chi connectivity index (χ0) is 27.0. The van der Waals surface area contributed by atoms with Crippen molar-refractivity contribution in [3.05, 3.63) is 65.2 Å². The van der Waals surface area contributed by atoms with Gasteiger partial charge >= 0.3 is 0 Å². The summed E-state index contributed by atoms with van der Waals surface area (Å²) in [6, 6.07) is 15.0. The van der Waals surface area contributed by atoms with Gasteiger partial charge in [0.25, 0.3) is 0 Å². The summed E-state index contributed by atoms with van der Waals surface area (Å²) in [5.41, 5.74) is 3.73. The number of thioether (sulfide) groups is 1. The van der Waals surface area contributed by atoms with Crippen molar-refractivity contribution in [3.63, 3.8) is 0 Å². The fourth-order valence-electron chi connectivity index (χ4n) is 6.86. The van der Waals surface area contributed by atoms with Gasteiger partial charge in [-0.05, 0) is 55.7 Å². The number of rotatable bonds is 9. The highest BCUT2D eigenvalue weighted by Gasteiger charge is 2.75. The smallest absolute Gasteiger partial charge is 0.248 e. The molecule has 3 amide bonds. The van der Waals surface area contributed by atoms with Crippen LogP contribution in [0.5, 0.6) is 0 Å². The molecule has 5 rings (SSSR count). The summed E-state index contributed by atoms with van der Waals surface area (Å²) in [7, 11) is 0. The molecule has 3 aliphatic rings. The quantitative estimate of drug-likeness (QED) is 0.426. The van der Waals surface area contributed by atoms with Gasteiger partial charge in [-0.2, -0.15) is 0 Å². The summed E-state index contributed by atoms with van der Waals surface area (Å²) in [5, 5.41) is 15.6. The summed E-state index contributed by atoms with van der Waals surface area (Å²) in [4.78, 5) is 43.5. The highest BCUT2D eigenvalue weighted by Crippen LogP contribution is 2.68. The Morgan fingerprint density at radius 3 is 2.45 bits per heavy atom. The van der Waals surface area contributed by atoms with Crippen molar-refractivity contribution in [1.82, 2.24) is 10.2 Å². The number of carbonyl (C=O) groups excluding carboxylic acids is 3. The Bertz CT molecular complexity index is 1200. The number of aliphatic hydroxyl groups is 1. The van der Waals surface area contributed by atoms with E-state index >= 15 is 0 Å². The number of likely N-dealkylation sites (tertiary alicyclic amines) is 1. The van der Waals surface area contributed by atoms with Gasteiger partial charge in [0.1, 0.15) is 6.04 Å². The third-order valence-corrected chi connectivity index (χ3v) is 10.7. The summed E-state index contributed by atoms with van der Waals surface area (Å²) in [5.74, 6) is -1.30. The Balaban J connectivity index is 1.46. The Morgan fingerprint density at radius 2 is 1.76 bits per heavy atom.